The summed E-state index contributed by atoms with van der Waals surface area (Å²) in [5.74, 6) is 0.442. The van der Waals surface area contributed by atoms with Gasteiger partial charge in [0, 0.05) is 37.0 Å². The lowest BCUT2D eigenvalue weighted by Gasteiger charge is -2.35. The van der Waals surface area contributed by atoms with E-state index in [1.54, 1.807) is 25.6 Å². The predicted molar refractivity (Wildman–Crippen MR) is 93.8 cm³/mol. The highest BCUT2D eigenvalue weighted by Gasteiger charge is 2.33. The fraction of sp³-hybridized carbons (Fsp3) is 0.421. The van der Waals surface area contributed by atoms with Crippen LogP contribution in [-0.2, 0) is 11.0 Å². The molecule has 1 aliphatic rings. The molecular formula is C19H20F3N3O2. The second-order valence-corrected chi connectivity index (χ2v) is 6.50. The molecule has 2 aromatic heterocycles. The van der Waals surface area contributed by atoms with Gasteiger partial charge >= 0.3 is 6.18 Å². The van der Waals surface area contributed by atoms with Gasteiger partial charge in [0.2, 0.25) is 0 Å². The minimum absolute atomic E-state index is 0.124. The maximum atomic E-state index is 12.6. The van der Waals surface area contributed by atoms with E-state index < -0.39 is 11.9 Å². The van der Waals surface area contributed by atoms with Crippen LogP contribution in [0.2, 0.25) is 0 Å². The highest BCUT2D eigenvalue weighted by atomic mass is 19.4. The van der Waals surface area contributed by atoms with Crippen LogP contribution < -0.4 is 9.64 Å². The third-order valence-electron chi connectivity index (χ3n) is 4.99. The summed E-state index contributed by atoms with van der Waals surface area (Å²) < 4.78 is 43.3. The fourth-order valence-electron chi connectivity index (χ4n) is 3.53. The molecule has 27 heavy (non-hydrogen) atoms. The van der Waals surface area contributed by atoms with Crippen LogP contribution in [0.4, 0.5) is 18.9 Å². The van der Waals surface area contributed by atoms with E-state index in [-0.39, 0.29) is 11.8 Å². The minimum Gasteiger partial charge on any atom is -0.496 e. The number of pyridine rings is 2. The van der Waals surface area contributed by atoms with Gasteiger partial charge in [-0.15, -0.1) is 0 Å². The Labute approximate surface area is 155 Å². The van der Waals surface area contributed by atoms with E-state index in [0.29, 0.717) is 24.5 Å². The monoisotopic (exact) mass is 379 g/mol. The second kappa shape index (κ2) is 7.94. The maximum Gasteiger partial charge on any atom is 0.433 e. The topological polar surface area (TPSA) is 55.3 Å². The summed E-state index contributed by atoms with van der Waals surface area (Å²) in [6.45, 7) is 1.29. The Morgan fingerprint density at radius 1 is 1.22 bits per heavy atom. The molecule has 0 bridgehead atoms. The molecule has 8 heteroatoms. The van der Waals surface area contributed by atoms with Gasteiger partial charge in [-0.2, -0.15) is 13.2 Å². The van der Waals surface area contributed by atoms with Crippen LogP contribution in [0, 0.1) is 5.92 Å². The van der Waals surface area contributed by atoms with Crippen molar-refractivity contribution in [2.75, 3.05) is 25.1 Å². The Morgan fingerprint density at radius 2 is 1.96 bits per heavy atom. The Balaban J connectivity index is 1.68. The summed E-state index contributed by atoms with van der Waals surface area (Å²) in [4.78, 5) is 21.4. The minimum atomic E-state index is -4.44. The van der Waals surface area contributed by atoms with E-state index in [0.717, 1.165) is 30.8 Å². The van der Waals surface area contributed by atoms with E-state index in [9.17, 15) is 18.0 Å². The number of nitrogens with zero attached hydrogens (tertiary/aromatic N) is 3. The molecule has 0 spiro atoms. The number of alkyl halides is 3. The van der Waals surface area contributed by atoms with Gasteiger partial charge in [-0.25, -0.2) is 4.98 Å². The highest BCUT2D eigenvalue weighted by molar-refractivity contribution is 5.65. The Hall–Kier alpha value is -2.64. The summed E-state index contributed by atoms with van der Waals surface area (Å²) in [6, 6.07) is 4.17. The van der Waals surface area contributed by atoms with Gasteiger partial charge in [0.25, 0.3) is 0 Å². The number of halogens is 3. The SMILES string of the molecule is COc1ccncc1C(C=O)C1CCN(c2ccc(C(F)(F)F)nc2)CC1. The zero-order valence-electron chi connectivity index (χ0n) is 14.8. The molecule has 0 aromatic carbocycles. The van der Waals surface area contributed by atoms with Crippen LogP contribution in [0.3, 0.4) is 0 Å². The van der Waals surface area contributed by atoms with Crippen molar-refractivity contribution >= 4 is 12.0 Å². The molecule has 0 saturated carbocycles. The van der Waals surface area contributed by atoms with Gasteiger partial charge in [0.15, 0.2) is 0 Å². The predicted octanol–water partition coefficient (Wildman–Crippen LogP) is 3.70. The van der Waals surface area contributed by atoms with Gasteiger partial charge in [0.1, 0.15) is 17.7 Å². The first-order chi connectivity index (χ1) is 12.9. The molecule has 1 unspecified atom stereocenters. The van der Waals surface area contributed by atoms with Gasteiger partial charge in [-0.3, -0.25) is 4.98 Å². The van der Waals surface area contributed by atoms with Gasteiger partial charge < -0.3 is 14.4 Å². The summed E-state index contributed by atoms with van der Waals surface area (Å²) >= 11 is 0. The Kier molecular flexibility index (Phi) is 5.62. The molecule has 1 fully saturated rings. The van der Waals surface area contributed by atoms with Crippen molar-refractivity contribution < 1.29 is 22.7 Å². The number of hydrogen-bond donors (Lipinski definition) is 0. The molecule has 0 radical (unpaired) electrons. The molecule has 1 saturated heterocycles. The van der Waals surface area contributed by atoms with Crippen LogP contribution in [0.15, 0.2) is 36.8 Å². The number of piperidine rings is 1. The number of carbonyl (C=O) groups excluding carboxylic acids is 1. The Morgan fingerprint density at radius 3 is 2.52 bits per heavy atom. The van der Waals surface area contributed by atoms with E-state index in [4.69, 9.17) is 4.74 Å². The third-order valence-corrected chi connectivity index (χ3v) is 4.99. The molecule has 2 aromatic rings. The first kappa shape index (κ1) is 19.1. The standard InChI is InChI=1S/C19H20F3N3O2/c1-27-17-4-7-23-11-15(17)16(12-26)13-5-8-25(9-6-13)14-2-3-18(24-10-14)19(20,21)22/h2-4,7,10-13,16H,5-6,8-9H2,1H3. The highest BCUT2D eigenvalue weighted by Crippen LogP contribution is 2.36. The quantitative estimate of drug-likeness (QED) is 0.742. The summed E-state index contributed by atoms with van der Waals surface area (Å²) in [7, 11) is 1.56. The average Bonchev–Trinajstić information content (AvgIpc) is 2.69. The molecule has 3 heterocycles. The van der Waals surface area contributed by atoms with Crippen molar-refractivity contribution in [1.29, 1.82) is 0 Å². The van der Waals surface area contributed by atoms with Crippen molar-refractivity contribution in [2.45, 2.75) is 24.9 Å². The van der Waals surface area contributed by atoms with Crippen molar-refractivity contribution in [1.82, 2.24) is 9.97 Å². The van der Waals surface area contributed by atoms with E-state index in [1.807, 2.05) is 4.90 Å². The van der Waals surface area contributed by atoms with E-state index in [2.05, 4.69) is 9.97 Å². The fourth-order valence-corrected chi connectivity index (χ4v) is 3.53. The molecule has 0 aliphatic carbocycles. The lowest BCUT2D eigenvalue weighted by molar-refractivity contribution is -0.141. The molecule has 144 valence electrons. The number of methoxy groups -OCH3 is 1. The third kappa shape index (κ3) is 4.20. The van der Waals surface area contributed by atoms with Crippen molar-refractivity contribution in [2.24, 2.45) is 5.92 Å². The summed E-state index contributed by atoms with van der Waals surface area (Å²) in [5.41, 5.74) is 0.526. The zero-order chi connectivity index (χ0) is 19.4. The Bertz CT molecular complexity index is 773. The largest absolute Gasteiger partial charge is 0.496 e. The number of rotatable bonds is 5. The first-order valence-corrected chi connectivity index (χ1v) is 8.65. The van der Waals surface area contributed by atoms with Gasteiger partial charge in [-0.05, 0) is 37.0 Å². The lowest BCUT2D eigenvalue weighted by atomic mass is 9.81. The number of aromatic nitrogens is 2. The molecule has 0 amide bonds. The molecule has 3 rings (SSSR count). The van der Waals surface area contributed by atoms with E-state index >= 15 is 0 Å². The first-order valence-electron chi connectivity index (χ1n) is 8.65. The van der Waals surface area contributed by atoms with Crippen LogP contribution in [0.5, 0.6) is 5.75 Å². The number of ether oxygens (including phenoxy) is 1. The molecule has 5 nitrogen and oxygen atoms in total. The van der Waals surface area contributed by atoms with E-state index in [1.165, 1.54) is 12.3 Å². The number of hydrogen-bond acceptors (Lipinski definition) is 5. The van der Waals surface area contributed by atoms with Crippen LogP contribution in [0.25, 0.3) is 0 Å². The van der Waals surface area contributed by atoms with Gasteiger partial charge in [-0.1, -0.05) is 0 Å². The normalized spacial score (nSPS) is 16.8. The average molecular weight is 379 g/mol. The van der Waals surface area contributed by atoms with Crippen LogP contribution in [-0.4, -0.2) is 36.5 Å². The van der Waals surface area contributed by atoms with Gasteiger partial charge in [0.05, 0.1) is 19.0 Å². The smallest absolute Gasteiger partial charge is 0.433 e. The van der Waals surface area contributed by atoms with Crippen molar-refractivity contribution in [3.8, 4) is 5.75 Å². The lowest BCUT2D eigenvalue weighted by Crippen LogP contribution is -2.36. The molecule has 1 aliphatic heterocycles. The van der Waals surface area contributed by atoms with Crippen molar-refractivity contribution in [3.63, 3.8) is 0 Å². The van der Waals surface area contributed by atoms with Crippen LogP contribution in [0.1, 0.15) is 30.0 Å². The molecule has 0 N–H and O–H groups in total. The second-order valence-electron chi connectivity index (χ2n) is 6.50. The number of aldehydes is 1. The molecular weight excluding hydrogens is 359 g/mol. The van der Waals surface area contributed by atoms with Crippen molar-refractivity contribution in [3.05, 3.63) is 48.0 Å². The summed E-state index contributed by atoms with van der Waals surface area (Å²) in [5, 5.41) is 0. The zero-order valence-corrected chi connectivity index (χ0v) is 14.8. The van der Waals surface area contributed by atoms with Crippen LogP contribution >= 0.6 is 0 Å². The molecule has 1 atom stereocenters. The summed E-state index contributed by atoms with van der Waals surface area (Å²) in [6.07, 6.45) is 2.49. The number of anilines is 1. The maximum absolute atomic E-state index is 12.6. The number of carbonyl (C=O) groups is 1.